The van der Waals surface area contributed by atoms with Gasteiger partial charge in [0.2, 0.25) is 0 Å². The summed E-state index contributed by atoms with van der Waals surface area (Å²) in [5.41, 5.74) is 0.711. The van der Waals surface area contributed by atoms with Gasteiger partial charge >= 0.3 is 0 Å². The monoisotopic (exact) mass is 250 g/mol. The number of hydrogen-bond donors (Lipinski definition) is 1. The van der Waals surface area contributed by atoms with Crippen LogP contribution in [0.2, 0.25) is 0 Å². The normalized spacial score (nSPS) is 20.7. The molecule has 1 aliphatic rings. The largest absolute Gasteiger partial charge is 0.366 e. The molecule has 0 spiro atoms. The van der Waals surface area contributed by atoms with E-state index in [0.717, 1.165) is 25.9 Å². The van der Waals surface area contributed by atoms with Gasteiger partial charge in [-0.2, -0.15) is 0 Å². The molecule has 1 saturated heterocycles. The minimum absolute atomic E-state index is 0.122. The van der Waals surface area contributed by atoms with Crippen molar-refractivity contribution in [3.05, 3.63) is 27.9 Å². The fraction of sp³-hybridized carbons (Fsp3) is 0.583. The number of aromatic nitrogens is 1. The third-order valence-corrected chi connectivity index (χ3v) is 3.25. The van der Waals surface area contributed by atoms with Gasteiger partial charge in [0.05, 0.1) is 11.0 Å². The van der Waals surface area contributed by atoms with Crippen LogP contribution < -0.4 is 5.32 Å². The maximum absolute atomic E-state index is 10.9. The highest BCUT2D eigenvalue weighted by atomic mass is 16.6. The Kier molecular flexibility index (Phi) is 3.76. The third-order valence-electron chi connectivity index (χ3n) is 3.25. The van der Waals surface area contributed by atoms with Gasteiger partial charge in [0.25, 0.3) is 5.69 Å². The first-order valence-electron chi connectivity index (χ1n) is 6.12. The number of likely N-dealkylation sites (N-methyl/N-ethyl adjacent to an activating group) is 1. The van der Waals surface area contributed by atoms with Gasteiger partial charge in [0.1, 0.15) is 5.82 Å². The van der Waals surface area contributed by atoms with Crippen molar-refractivity contribution in [2.75, 3.05) is 25.5 Å². The smallest absolute Gasteiger partial charge is 0.277 e. The highest BCUT2D eigenvalue weighted by molar-refractivity contribution is 5.49. The number of nitro groups is 1. The summed E-state index contributed by atoms with van der Waals surface area (Å²) in [5.74, 6) is 0.590. The van der Waals surface area contributed by atoms with E-state index in [4.69, 9.17) is 0 Å². The first-order chi connectivity index (χ1) is 8.56. The van der Waals surface area contributed by atoms with E-state index in [9.17, 15) is 10.1 Å². The summed E-state index contributed by atoms with van der Waals surface area (Å²) in [6.07, 6.45) is 3.77. The van der Waals surface area contributed by atoms with Gasteiger partial charge in [-0.05, 0) is 33.4 Å². The second kappa shape index (κ2) is 5.30. The Hall–Kier alpha value is -1.69. The molecule has 98 valence electrons. The van der Waals surface area contributed by atoms with Crippen molar-refractivity contribution in [2.45, 2.75) is 25.8 Å². The minimum atomic E-state index is -0.366. The van der Waals surface area contributed by atoms with E-state index in [1.54, 1.807) is 13.1 Å². The molecular weight excluding hydrogens is 232 g/mol. The topological polar surface area (TPSA) is 71.3 Å². The molecule has 1 atom stereocenters. The molecule has 0 amide bonds. The summed E-state index contributed by atoms with van der Waals surface area (Å²) < 4.78 is 0. The van der Waals surface area contributed by atoms with Gasteiger partial charge in [-0.3, -0.25) is 10.1 Å². The number of rotatable bonds is 3. The molecule has 0 radical (unpaired) electrons. The Balaban J connectivity index is 2.09. The van der Waals surface area contributed by atoms with E-state index in [-0.39, 0.29) is 10.6 Å². The average Bonchev–Trinajstić information content (AvgIpc) is 2.31. The molecule has 1 unspecified atom stereocenters. The molecule has 0 bridgehead atoms. The Morgan fingerprint density at radius 2 is 2.39 bits per heavy atom. The Labute approximate surface area is 106 Å². The van der Waals surface area contributed by atoms with Crippen LogP contribution in [0, 0.1) is 17.0 Å². The Morgan fingerprint density at radius 3 is 3.06 bits per heavy atom. The lowest BCUT2D eigenvalue weighted by molar-refractivity contribution is -0.385. The quantitative estimate of drug-likeness (QED) is 0.654. The van der Waals surface area contributed by atoms with E-state index in [1.165, 1.54) is 6.07 Å². The fourth-order valence-electron chi connectivity index (χ4n) is 2.28. The lowest BCUT2D eigenvalue weighted by atomic mass is 10.1. The molecule has 6 nitrogen and oxygen atoms in total. The second-order valence-electron chi connectivity index (χ2n) is 4.86. The molecular formula is C12H18N4O2. The molecule has 0 aromatic carbocycles. The number of hydrogen-bond acceptors (Lipinski definition) is 5. The van der Waals surface area contributed by atoms with Crippen LogP contribution in [0.4, 0.5) is 11.5 Å². The molecule has 0 saturated carbocycles. The number of nitrogens with zero attached hydrogens (tertiary/aromatic N) is 3. The molecule has 1 N–H and O–H groups in total. The first-order valence-corrected chi connectivity index (χ1v) is 6.12. The molecule has 1 aromatic rings. The van der Waals surface area contributed by atoms with Crippen molar-refractivity contribution in [1.29, 1.82) is 0 Å². The third kappa shape index (κ3) is 2.95. The van der Waals surface area contributed by atoms with E-state index >= 15 is 0 Å². The van der Waals surface area contributed by atoms with Gasteiger partial charge in [-0.1, -0.05) is 0 Å². The van der Waals surface area contributed by atoms with Crippen molar-refractivity contribution in [1.82, 2.24) is 9.88 Å². The number of pyridine rings is 1. The maximum atomic E-state index is 10.9. The van der Waals surface area contributed by atoms with E-state index in [0.29, 0.717) is 17.4 Å². The van der Waals surface area contributed by atoms with Crippen LogP contribution in [0.15, 0.2) is 12.3 Å². The SMILES string of the molecule is Cc1cnc(NC2CCCN(C)C2)cc1[N+](=O)[O-]. The van der Waals surface area contributed by atoms with E-state index in [1.807, 2.05) is 0 Å². The van der Waals surface area contributed by atoms with Crippen molar-refractivity contribution in [2.24, 2.45) is 0 Å². The predicted molar refractivity (Wildman–Crippen MR) is 69.8 cm³/mol. The Bertz CT molecular complexity index is 450. The Morgan fingerprint density at radius 1 is 1.61 bits per heavy atom. The number of piperidine rings is 1. The van der Waals surface area contributed by atoms with Crippen LogP contribution in [-0.2, 0) is 0 Å². The zero-order valence-corrected chi connectivity index (χ0v) is 10.7. The van der Waals surface area contributed by atoms with Gasteiger partial charge in [0.15, 0.2) is 0 Å². The highest BCUT2D eigenvalue weighted by Gasteiger charge is 2.19. The van der Waals surface area contributed by atoms with Crippen molar-refractivity contribution < 1.29 is 4.92 Å². The van der Waals surface area contributed by atoms with Crippen molar-refractivity contribution in [3.63, 3.8) is 0 Å². The molecule has 1 fully saturated rings. The second-order valence-corrected chi connectivity index (χ2v) is 4.86. The zero-order valence-electron chi connectivity index (χ0n) is 10.7. The number of anilines is 1. The number of likely N-dealkylation sites (tertiary alicyclic amines) is 1. The van der Waals surface area contributed by atoms with Crippen molar-refractivity contribution in [3.8, 4) is 0 Å². The van der Waals surface area contributed by atoms with Crippen LogP contribution >= 0.6 is 0 Å². The average molecular weight is 250 g/mol. The van der Waals surface area contributed by atoms with Crippen LogP contribution in [0.3, 0.4) is 0 Å². The molecule has 1 aromatic heterocycles. The lowest BCUT2D eigenvalue weighted by Crippen LogP contribution is -2.39. The van der Waals surface area contributed by atoms with Crippen LogP contribution in [0.25, 0.3) is 0 Å². The fourth-order valence-corrected chi connectivity index (χ4v) is 2.28. The lowest BCUT2D eigenvalue weighted by Gasteiger charge is -2.30. The summed E-state index contributed by atoms with van der Waals surface area (Å²) in [6, 6.07) is 1.84. The van der Waals surface area contributed by atoms with Gasteiger partial charge in [-0.15, -0.1) is 0 Å². The number of nitrogens with one attached hydrogen (secondary N) is 1. The van der Waals surface area contributed by atoms with E-state index < -0.39 is 0 Å². The van der Waals surface area contributed by atoms with Gasteiger partial charge in [0, 0.05) is 24.3 Å². The summed E-state index contributed by atoms with van der Waals surface area (Å²) in [7, 11) is 2.08. The summed E-state index contributed by atoms with van der Waals surface area (Å²) in [4.78, 5) is 17.0. The predicted octanol–water partition coefficient (Wildman–Crippen LogP) is 1.80. The molecule has 0 aliphatic carbocycles. The standard InChI is InChI=1S/C12H18N4O2/c1-9-7-13-12(6-11(9)16(17)18)14-10-4-3-5-15(2)8-10/h6-7,10H,3-5,8H2,1-2H3,(H,13,14). The van der Waals surface area contributed by atoms with E-state index in [2.05, 4.69) is 22.2 Å². The summed E-state index contributed by atoms with van der Waals surface area (Å²) in [5, 5.41) is 14.1. The first kappa shape index (κ1) is 12.8. The molecule has 18 heavy (non-hydrogen) atoms. The van der Waals surface area contributed by atoms with Gasteiger partial charge in [-0.25, -0.2) is 4.98 Å². The molecule has 2 rings (SSSR count). The minimum Gasteiger partial charge on any atom is -0.366 e. The maximum Gasteiger partial charge on any atom is 0.277 e. The summed E-state index contributed by atoms with van der Waals surface area (Å²) in [6.45, 7) is 3.76. The van der Waals surface area contributed by atoms with Crippen LogP contribution in [0.5, 0.6) is 0 Å². The zero-order chi connectivity index (χ0) is 13.1. The van der Waals surface area contributed by atoms with Crippen molar-refractivity contribution >= 4 is 11.5 Å². The number of aryl methyl sites for hydroxylation is 1. The van der Waals surface area contributed by atoms with Gasteiger partial charge < -0.3 is 10.2 Å². The molecule has 1 aliphatic heterocycles. The molecule has 6 heteroatoms. The molecule has 2 heterocycles. The summed E-state index contributed by atoms with van der Waals surface area (Å²) >= 11 is 0. The van der Waals surface area contributed by atoms with Crippen LogP contribution in [-0.4, -0.2) is 41.0 Å². The highest BCUT2D eigenvalue weighted by Crippen LogP contribution is 2.21. The van der Waals surface area contributed by atoms with Crippen LogP contribution in [0.1, 0.15) is 18.4 Å².